The molecule has 0 saturated carbocycles. The molecule has 0 bridgehead atoms. The van der Waals surface area contributed by atoms with Crippen molar-refractivity contribution in [1.29, 1.82) is 0 Å². The van der Waals surface area contributed by atoms with Crippen LogP contribution in [-0.2, 0) is 9.59 Å². The molecule has 0 aliphatic carbocycles. The predicted octanol–water partition coefficient (Wildman–Crippen LogP) is 2.93. The van der Waals surface area contributed by atoms with Crippen LogP contribution in [0.15, 0.2) is 52.9 Å². The van der Waals surface area contributed by atoms with Crippen LogP contribution < -0.4 is 14.5 Å². The maximum absolute atomic E-state index is 13.5. The number of fused-ring (bicyclic) bond motifs is 2. The second-order valence-corrected chi connectivity index (χ2v) is 8.48. The molecule has 0 radical (unpaired) electrons. The molecule has 0 N–H and O–H groups in total. The molecule has 5 rings (SSSR count). The number of likely N-dealkylation sites (N-methyl/N-ethyl adjacent to an activating group) is 1. The van der Waals surface area contributed by atoms with Gasteiger partial charge in [0, 0.05) is 33.1 Å². The highest BCUT2D eigenvalue weighted by molar-refractivity contribution is 5.98. The highest BCUT2D eigenvalue weighted by atomic mass is 16.5. The Kier molecular flexibility index (Phi) is 5.20. The number of nitrogens with zero attached hydrogens (tertiary/aromatic N) is 4. The molecule has 1 aromatic heterocycles. The van der Waals surface area contributed by atoms with Crippen LogP contribution in [0.5, 0.6) is 5.75 Å². The van der Waals surface area contributed by atoms with E-state index < -0.39 is 6.10 Å². The van der Waals surface area contributed by atoms with Crippen molar-refractivity contribution in [1.82, 2.24) is 9.88 Å². The van der Waals surface area contributed by atoms with Crippen molar-refractivity contribution in [2.75, 3.05) is 43.5 Å². The summed E-state index contributed by atoms with van der Waals surface area (Å²) in [5, 5.41) is 0. The molecular weight excluding hydrogens is 408 g/mol. The van der Waals surface area contributed by atoms with Crippen LogP contribution in [0.4, 0.5) is 11.7 Å². The normalized spacial score (nSPS) is 18.9. The van der Waals surface area contributed by atoms with E-state index in [0.29, 0.717) is 37.7 Å². The number of rotatable bonds is 3. The standard InChI is InChI=1S/C24H26N4O4/c1-26(2)23(30)21-15-28(18-8-4-6-10-20(18)31-21)22(29)16-11-13-27(14-12-16)24-25-17-7-3-5-9-19(17)32-24/h3-10,16,21H,11-15H2,1-2H3/t21-/m0/s1. The molecule has 2 aliphatic heterocycles. The van der Waals surface area contributed by atoms with Gasteiger partial charge in [-0.3, -0.25) is 9.59 Å². The number of para-hydroxylation sites is 4. The third-order valence-corrected chi connectivity index (χ3v) is 6.15. The van der Waals surface area contributed by atoms with Crippen LogP contribution in [0.25, 0.3) is 11.1 Å². The van der Waals surface area contributed by atoms with Gasteiger partial charge in [0.1, 0.15) is 11.3 Å². The SMILES string of the molecule is CN(C)C(=O)[C@@H]1CN(C(=O)C2CCN(c3nc4ccccc4o3)CC2)c2ccccc2O1. The van der Waals surface area contributed by atoms with E-state index in [2.05, 4.69) is 9.88 Å². The first-order valence-corrected chi connectivity index (χ1v) is 10.9. The highest BCUT2D eigenvalue weighted by Crippen LogP contribution is 2.36. The Morgan fingerprint density at radius 1 is 1.03 bits per heavy atom. The third kappa shape index (κ3) is 3.66. The summed E-state index contributed by atoms with van der Waals surface area (Å²) in [6.45, 7) is 1.60. The fourth-order valence-corrected chi connectivity index (χ4v) is 4.39. The van der Waals surface area contributed by atoms with Crippen LogP contribution in [0.2, 0.25) is 0 Å². The van der Waals surface area contributed by atoms with Crippen molar-refractivity contribution in [3.8, 4) is 5.75 Å². The summed E-state index contributed by atoms with van der Waals surface area (Å²) in [6.07, 6.45) is 0.691. The Balaban J connectivity index is 1.31. The van der Waals surface area contributed by atoms with Crippen LogP contribution in [0, 0.1) is 5.92 Å². The van der Waals surface area contributed by atoms with E-state index in [4.69, 9.17) is 9.15 Å². The molecule has 1 fully saturated rings. The summed E-state index contributed by atoms with van der Waals surface area (Å²) in [5.41, 5.74) is 2.33. The molecule has 2 aromatic carbocycles. The first-order chi connectivity index (χ1) is 15.5. The van der Waals surface area contributed by atoms with Crippen LogP contribution in [0.1, 0.15) is 12.8 Å². The molecule has 0 spiro atoms. The second-order valence-electron chi connectivity index (χ2n) is 8.48. The molecule has 1 atom stereocenters. The lowest BCUT2D eigenvalue weighted by atomic mass is 9.94. The van der Waals surface area contributed by atoms with E-state index in [0.717, 1.165) is 16.8 Å². The number of carbonyl (C=O) groups excluding carboxylic acids is 2. The third-order valence-electron chi connectivity index (χ3n) is 6.15. The number of oxazole rings is 1. The molecule has 2 aliphatic rings. The summed E-state index contributed by atoms with van der Waals surface area (Å²) in [4.78, 5) is 36.0. The number of hydrogen-bond donors (Lipinski definition) is 0. The minimum absolute atomic E-state index is 0.0366. The van der Waals surface area contributed by atoms with Crippen molar-refractivity contribution in [2.45, 2.75) is 18.9 Å². The van der Waals surface area contributed by atoms with Gasteiger partial charge in [-0.1, -0.05) is 24.3 Å². The Morgan fingerprint density at radius 2 is 1.75 bits per heavy atom. The molecule has 8 heteroatoms. The second kappa shape index (κ2) is 8.18. The van der Waals surface area contributed by atoms with Crippen molar-refractivity contribution >= 4 is 34.6 Å². The molecule has 0 unspecified atom stereocenters. The quantitative estimate of drug-likeness (QED) is 0.631. The van der Waals surface area contributed by atoms with Crippen LogP contribution in [0.3, 0.4) is 0 Å². The largest absolute Gasteiger partial charge is 0.476 e. The number of benzene rings is 2. The molecule has 1 saturated heterocycles. The topological polar surface area (TPSA) is 79.1 Å². The molecule has 3 heterocycles. The van der Waals surface area contributed by atoms with E-state index in [-0.39, 0.29) is 24.3 Å². The number of aromatic nitrogens is 1. The van der Waals surface area contributed by atoms with E-state index in [9.17, 15) is 9.59 Å². The van der Waals surface area contributed by atoms with Gasteiger partial charge in [0.05, 0.1) is 12.2 Å². The lowest BCUT2D eigenvalue weighted by Gasteiger charge is -2.38. The highest BCUT2D eigenvalue weighted by Gasteiger charge is 2.38. The van der Waals surface area contributed by atoms with Gasteiger partial charge in [-0.2, -0.15) is 4.98 Å². The fraction of sp³-hybridized carbons (Fsp3) is 0.375. The van der Waals surface area contributed by atoms with Gasteiger partial charge in [0.25, 0.3) is 11.9 Å². The van der Waals surface area contributed by atoms with Gasteiger partial charge in [-0.05, 0) is 37.1 Å². The zero-order chi connectivity index (χ0) is 22.2. The summed E-state index contributed by atoms with van der Waals surface area (Å²) >= 11 is 0. The predicted molar refractivity (Wildman–Crippen MR) is 121 cm³/mol. The van der Waals surface area contributed by atoms with E-state index in [1.807, 2.05) is 42.5 Å². The zero-order valence-electron chi connectivity index (χ0n) is 18.2. The van der Waals surface area contributed by atoms with Gasteiger partial charge in [-0.25, -0.2) is 0 Å². The number of carbonyl (C=O) groups is 2. The number of hydrogen-bond acceptors (Lipinski definition) is 6. The Hall–Kier alpha value is -3.55. The average Bonchev–Trinajstić information content (AvgIpc) is 3.27. The molecule has 8 nitrogen and oxygen atoms in total. The van der Waals surface area contributed by atoms with Gasteiger partial charge >= 0.3 is 0 Å². The number of amides is 2. The summed E-state index contributed by atoms with van der Waals surface area (Å²) in [6, 6.07) is 15.7. The maximum atomic E-state index is 13.5. The first kappa shape index (κ1) is 20.4. The monoisotopic (exact) mass is 434 g/mol. The summed E-state index contributed by atoms with van der Waals surface area (Å²) in [7, 11) is 3.39. The molecule has 2 amide bonds. The Bertz CT molecular complexity index is 1120. The van der Waals surface area contributed by atoms with Crippen molar-refractivity contribution in [3.05, 3.63) is 48.5 Å². The smallest absolute Gasteiger partial charge is 0.298 e. The number of anilines is 2. The maximum Gasteiger partial charge on any atom is 0.298 e. The number of ether oxygens (including phenoxy) is 1. The van der Waals surface area contributed by atoms with Crippen molar-refractivity contribution in [3.63, 3.8) is 0 Å². The lowest BCUT2D eigenvalue weighted by molar-refractivity contribution is -0.136. The van der Waals surface area contributed by atoms with Gasteiger partial charge < -0.3 is 23.9 Å². The molecule has 3 aromatic rings. The molecule has 32 heavy (non-hydrogen) atoms. The Labute approximate surface area is 186 Å². The van der Waals surface area contributed by atoms with Gasteiger partial charge in [-0.15, -0.1) is 0 Å². The van der Waals surface area contributed by atoms with Crippen molar-refractivity contribution < 1.29 is 18.7 Å². The molecule has 166 valence electrons. The van der Waals surface area contributed by atoms with Gasteiger partial charge in [0.2, 0.25) is 5.91 Å². The lowest BCUT2D eigenvalue weighted by Crippen LogP contribution is -2.52. The van der Waals surface area contributed by atoms with Crippen molar-refractivity contribution in [2.24, 2.45) is 5.92 Å². The summed E-state index contributed by atoms with van der Waals surface area (Å²) < 4.78 is 11.8. The van der Waals surface area contributed by atoms with Gasteiger partial charge in [0.15, 0.2) is 11.7 Å². The average molecular weight is 434 g/mol. The minimum atomic E-state index is -0.705. The van der Waals surface area contributed by atoms with E-state index in [1.165, 1.54) is 4.90 Å². The fourth-order valence-electron chi connectivity index (χ4n) is 4.39. The van der Waals surface area contributed by atoms with E-state index in [1.54, 1.807) is 25.1 Å². The molecular formula is C24H26N4O4. The Morgan fingerprint density at radius 3 is 2.50 bits per heavy atom. The first-order valence-electron chi connectivity index (χ1n) is 10.9. The number of piperidine rings is 1. The van der Waals surface area contributed by atoms with Crippen LogP contribution in [-0.4, -0.2) is 61.5 Å². The van der Waals surface area contributed by atoms with Crippen LogP contribution >= 0.6 is 0 Å². The summed E-state index contributed by atoms with van der Waals surface area (Å²) in [5.74, 6) is 0.325. The van der Waals surface area contributed by atoms with E-state index >= 15 is 0 Å². The minimum Gasteiger partial charge on any atom is -0.476 e. The zero-order valence-corrected chi connectivity index (χ0v) is 18.2.